The Balaban J connectivity index is 0.00000353. The van der Waals surface area contributed by atoms with E-state index in [1.54, 1.807) is 4.90 Å². The van der Waals surface area contributed by atoms with Gasteiger partial charge in [-0.2, -0.15) is 31.3 Å². The van der Waals surface area contributed by atoms with E-state index in [2.05, 4.69) is 15.3 Å². The molecule has 2 aliphatic heterocycles. The summed E-state index contributed by atoms with van der Waals surface area (Å²) >= 11 is 0. The maximum atomic E-state index is 13.7. The van der Waals surface area contributed by atoms with Crippen molar-refractivity contribution in [2.45, 2.75) is 25.2 Å². The molecule has 5 rings (SSSR count). The van der Waals surface area contributed by atoms with Crippen molar-refractivity contribution in [2.75, 3.05) is 54.5 Å². The molecule has 0 atom stereocenters. The number of pyridine rings is 1. The molecular weight excluding hydrogens is 550 g/mol. The van der Waals surface area contributed by atoms with Crippen LogP contribution in [0.5, 0.6) is 0 Å². The molecule has 0 saturated carbocycles. The van der Waals surface area contributed by atoms with Gasteiger partial charge in [-0.15, -0.1) is 12.4 Å². The highest BCUT2D eigenvalue weighted by Crippen LogP contribution is 2.37. The summed E-state index contributed by atoms with van der Waals surface area (Å²) in [5, 5.41) is 3.12. The van der Waals surface area contributed by atoms with E-state index in [-0.39, 0.29) is 31.3 Å². The zero-order valence-electron chi connectivity index (χ0n) is 20.5. The Hall–Kier alpha value is -3.32. The summed E-state index contributed by atoms with van der Waals surface area (Å²) in [4.78, 5) is 17.0. The minimum atomic E-state index is -4.55. The lowest BCUT2D eigenvalue weighted by atomic mass is 10.1. The normalized spacial score (nSPS) is 16.3. The summed E-state index contributed by atoms with van der Waals surface area (Å²) < 4.78 is 85.4. The molecule has 1 fully saturated rings. The molecule has 1 aromatic carbocycles. The third-order valence-corrected chi connectivity index (χ3v) is 6.49. The molecule has 210 valence electrons. The van der Waals surface area contributed by atoms with Crippen LogP contribution in [0.2, 0.25) is 0 Å². The van der Waals surface area contributed by atoms with Crippen LogP contribution >= 0.6 is 12.4 Å². The number of nitrogens with zero attached hydrogens (tertiary/aromatic N) is 5. The van der Waals surface area contributed by atoms with E-state index >= 15 is 0 Å². The van der Waals surface area contributed by atoms with Crippen LogP contribution in [-0.4, -0.2) is 54.3 Å². The zero-order valence-corrected chi connectivity index (χ0v) is 21.3. The van der Waals surface area contributed by atoms with Gasteiger partial charge in [-0.3, -0.25) is 0 Å². The molecule has 3 aromatic rings. The molecule has 2 aromatic heterocycles. The van der Waals surface area contributed by atoms with E-state index in [0.29, 0.717) is 67.9 Å². The molecule has 39 heavy (non-hydrogen) atoms. The Labute approximate surface area is 226 Å². The summed E-state index contributed by atoms with van der Waals surface area (Å²) in [6, 6.07) is 6.86. The number of morpholine rings is 1. The predicted molar refractivity (Wildman–Crippen MR) is 136 cm³/mol. The highest BCUT2D eigenvalue weighted by molar-refractivity contribution is 5.85. The van der Waals surface area contributed by atoms with Crippen molar-refractivity contribution in [1.82, 2.24) is 15.0 Å². The Morgan fingerprint density at radius 1 is 0.795 bits per heavy atom. The number of aromatic nitrogens is 3. The van der Waals surface area contributed by atoms with Crippen LogP contribution in [0.3, 0.4) is 0 Å². The van der Waals surface area contributed by atoms with E-state index < -0.39 is 23.5 Å². The molecule has 0 radical (unpaired) electrons. The summed E-state index contributed by atoms with van der Waals surface area (Å²) in [5.74, 6) is 0.699. The number of halogens is 7. The van der Waals surface area contributed by atoms with Gasteiger partial charge in [0.2, 0.25) is 5.95 Å². The molecule has 7 nitrogen and oxygen atoms in total. The molecule has 1 saturated heterocycles. The molecule has 14 heteroatoms. The smallest absolute Gasteiger partial charge is 0.378 e. The summed E-state index contributed by atoms with van der Waals surface area (Å²) in [6.45, 7) is 2.61. The fourth-order valence-corrected chi connectivity index (χ4v) is 4.56. The lowest BCUT2D eigenvalue weighted by Crippen LogP contribution is -2.37. The number of ether oxygens (including phenoxy) is 1. The Bertz CT molecular complexity index is 1280. The molecule has 2 aliphatic rings. The summed E-state index contributed by atoms with van der Waals surface area (Å²) in [6.07, 6.45) is -7.03. The lowest BCUT2D eigenvalue weighted by molar-refractivity contribution is -0.138. The lowest BCUT2D eigenvalue weighted by Gasteiger charge is -2.28. The summed E-state index contributed by atoms with van der Waals surface area (Å²) in [5.41, 5.74) is 0.188. The largest absolute Gasteiger partial charge is 0.419 e. The number of hydrogen-bond donors (Lipinski definition) is 1. The number of alkyl halides is 6. The van der Waals surface area contributed by atoms with Crippen molar-refractivity contribution in [3.05, 3.63) is 65.0 Å². The molecule has 0 aliphatic carbocycles. The Morgan fingerprint density at radius 2 is 1.49 bits per heavy atom. The first kappa shape index (κ1) is 28.7. The second-order valence-corrected chi connectivity index (χ2v) is 8.96. The van der Waals surface area contributed by atoms with Gasteiger partial charge in [0, 0.05) is 50.0 Å². The first-order chi connectivity index (χ1) is 18.1. The molecular formula is C25H25ClF6N6O. The van der Waals surface area contributed by atoms with Gasteiger partial charge in [0.15, 0.2) is 0 Å². The first-order valence-corrected chi connectivity index (χ1v) is 12.0. The molecule has 0 spiro atoms. The first-order valence-electron chi connectivity index (χ1n) is 12.0. The van der Waals surface area contributed by atoms with Crippen LogP contribution in [0, 0.1) is 0 Å². The number of nitrogens with one attached hydrogen (secondary N) is 1. The summed E-state index contributed by atoms with van der Waals surface area (Å²) in [7, 11) is 0. The van der Waals surface area contributed by atoms with Gasteiger partial charge >= 0.3 is 12.4 Å². The van der Waals surface area contributed by atoms with Crippen LogP contribution in [0.25, 0.3) is 0 Å². The van der Waals surface area contributed by atoms with Crippen molar-refractivity contribution in [3.8, 4) is 0 Å². The Morgan fingerprint density at radius 3 is 2.15 bits per heavy atom. The molecule has 1 N–H and O–H groups in total. The van der Waals surface area contributed by atoms with E-state index in [1.165, 1.54) is 24.4 Å². The van der Waals surface area contributed by atoms with Crippen LogP contribution < -0.4 is 15.1 Å². The second-order valence-electron chi connectivity index (χ2n) is 8.96. The van der Waals surface area contributed by atoms with Crippen molar-refractivity contribution in [1.29, 1.82) is 0 Å². The fraction of sp³-hybridized carbons (Fsp3) is 0.400. The van der Waals surface area contributed by atoms with Gasteiger partial charge in [0.25, 0.3) is 0 Å². The average molecular weight is 575 g/mol. The van der Waals surface area contributed by atoms with Crippen molar-refractivity contribution in [3.63, 3.8) is 0 Å². The van der Waals surface area contributed by atoms with Gasteiger partial charge in [-0.05, 0) is 42.8 Å². The fourth-order valence-electron chi connectivity index (χ4n) is 4.56. The van der Waals surface area contributed by atoms with E-state index in [4.69, 9.17) is 9.72 Å². The van der Waals surface area contributed by atoms with Gasteiger partial charge in [0.05, 0.1) is 30.0 Å². The minimum absolute atomic E-state index is 0. The molecule has 0 amide bonds. The van der Waals surface area contributed by atoms with Gasteiger partial charge < -0.3 is 19.9 Å². The number of benzene rings is 1. The van der Waals surface area contributed by atoms with E-state index in [9.17, 15) is 26.3 Å². The maximum absolute atomic E-state index is 13.7. The number of hydrogen-bond acceptors (Lipinski definition) is 7. The number of rotatable bonds is 4. The predicted octanol–water partition coefficient (Wildman–Crippen LogP) is 5.52. The standard InChI is InChI=1S/C25H24F6N6O.ClH/c26-24(27,28)16-3-5-17(6-4-16)33-21-18-7-10-36(22-19(25(29,30)31)2-1-9-32-22)11-8-20(18)34-23(35-21)37-12-14-38-15-13-37;/h1-6,9H,7-8,10-15H2,(H,33,34,35);1H. The monoisotopic (exact) mass is 574 g/mol. The topological polar surface area (TPSA) is 66.4 Å². The van der Waals surface area contributed by atoms with Gasteiger partial charge in [0.1, 0.15) is 11.6 Å². The number of anilines is 4. The van der Waals surface area contributed by atoms with Gasteiger partial charge in [-0.1, -0.05) is 0 Å². The van der Waals surface area contributed by atoms with E-state index in [0.717, 1.165) is 18.2 Å². The average Bonchev–Trinajstić information content (AvgIpc) is 3.11. The Kier molecular flexibility index (Phi) is 8.40. The molecule has 4 heterocycles. The zero-order chi connectivity index (χ0) is 26.9. The van der Waals surface area contributed by atoms with Crippen LogP contribution in [0.15, 0.2) is 42.6 Å². The van der Waals surface area contributed by atoms with Crippen LogP contribution in [-0.2, 0) is 29.9 Å². The third kappa shape index (κ3) is 6.47. The quantitative estimate of drug-likeness (QED) is 0.412. The maximum Gasteiger partial charge on any atom is 0.419 e. The highest BCUT2D eigenvalue weighted by atomic mass is 35.5. The SMILES string of the molecule is Cl.FC(F)(F)c1ccc(Nc2nc(N3CCOCC3)nc3c2CCN(c2ncccc2C(F)(F)F)CC3)cc1. The second kappa shape index (κ2) is 11.4. The number of fused-ring (bicyclic) bond motifs is 1. The van der Waals surface area contributed by atoms with Crippen molar-refractivity contribution >= 4 is 35.7 Å². The molecule has 0 bridgehead atoms. The van der Waals surface area contributed by atoms with Crippen LogP contribution in [0.4, 0.5) is 49.6 Å². The molecule has 0 unspecified atom stereocenters. The van der Waals surface area contributed by atoms with Crippen molar-refractivity contribution < 1.29 is 31.1 Å². The minimum Gasteiger partial charge on any atom is -0.378 e. The third-order valence-electron chi connectivity index (χ3n) is 6.49. The van der Waals surface area contributed by atoms with Crippen molar-refractivity contribution in [2.24, 2.45) is 0 Å². The van der Waals surface area contributed by atoms with E-state index in [1.807, 2.05) is 4.90 Å². The highest BCUT2D eigenvalue weighted by Gasteiger charge is 2.36. The van der Waals surface area contributed by atoms with Crippen LogP contribution in [0.1, 0.15) is 22.4 Å². The van der Waals surface area contributed by atoms with Gasteiger partial charge in [-0.25, -0.2) is 9.97 Å².